The maximum Gasteiger partial charge on any atom is 0.225 e. The van der Waals surface area contributed by atoms with Crippen LogP contribution in [0.4, 0.5) is 17.5 Å². The van der Waals surface area contributed by atoms with Gasteiger partial charge in [-0.1, -0.05) is 24.6 Å². The molecule has 1 unspecified atom stereocenters. The topological polar surface area (TPSA) is 44.3 Å². The first-order chi connectivity index (χ1) is 12.0. The van der Waals surface area contributed by atoms with Crippen LogP contribution in [0.25, 0.3) is 0 Å². The predicted octanol–water partition coefficient (Wildman–Crippen LogP) is 3.98. The molecule has 1 fully saturated rings. The van der Waals surface area contributed by atoms with Gasteiger partial charge in [-0.3, -0.25) is 0 Å². The van der Waals surface area contributed by atoms with Crippen LogP contribution in [0.2, 0.25) is 5.02 Å². The number of nitrogens with zero attached hydrogens (tertiary/aromatic N) is 4. The van der Waals surface area contributed by atoms with Crippen LogP contribution in [0.1, 0.15) is 26.0 Å². The summed E-state index contributed by atoms with van der Waals surface area (Å²) >= 11 is 6.12. The van der Waals surface area contributed by atoms with Gasteiger partial charge in [0.05, 0.1) is 0 Å². The maximum absolute atomic E-state index is 6.12. The number of hydrogen-bond donors (Lipinski definition) is 1. The average molecular weight is 360 g/mol. The van der Waals surface area contributed by atoms with Crippen molar-refractivity contribution in [2.75, 3.05) is 41.3 Å². The second-order valence-electron chi connectivity index (χ2n) is 6.60. The van der Waals surface area contributed by atoms with Crippen LogP contribution in [0.5, 0.6) is 0 Å². The van der Waals surface area contributed by atoms with Gasteiger partial charge in [0.2, 0.25) is 5.95 Å². The van der Waals surface area contributed by atoms with Gasteiger partial charge in [0.25, 0.3) is 0 Å². The first-order valence-corrected chi connectivity index (χ1v) is 9.30. The summed E-state index contributed by atoms with van der Waals surface area (Å²) < 4.78 is 0. The summed E-state index contributed by atoms with van der Waals surface area (Å²) in [6.07, 6.45) is 1.05. The van der Waals surface area contributed by atoms with Gasteiger partial charge in [-0.2, -0.15) is 4.98 Å². The number of anilines is 3. The SMILES string of the molecule is CCC(C)Nc1nc(C)cc(N2CCN(c3cccc(Cl)c3)CC2)n1. The van der Waals surface area contributed by atoms with Gasteiger partial charge in [-0.05, 0) is 38.5 Å². The highest BCUT2D eigenvalue weighted by atomic mass is 35.5. The van der Waals surface area contributed by atoms with E-state index in [1.54, 1.807) is 0 Å². The van der Waals surface area contributed by atoms with E-state index in [0.717, 1.165) is 55.1 Å². The van der Waals surface area contributed by atoms with Crippen molar-refractivity contribution in [1.82, 2.24) is 9.97 Å². The molecule has 6 heteroatoms. The standard InChI is InChI=1S/C19H26ClN5/c1-4-14(2)21-19-22-15(3)12-18(23-19)25-10-8-24(9-11-25)17-7-5-6-16(20)13-17/h5-7,12-14H,4,8-11H2,1-3H3,(H,21,22,23). The zero-order valence-corrected chi connectivity index (χ0v) is 15.9. The van der Waals surface area contributed by atoms with Crippen molar-refractivity contribution in [3.63, 3.8) is 0 Å². The van der Waals surface area contributed by atoms with Gasteiger partial charge < -0.3 is 15.1 Å². The third kappa shape index (κ3) is 4.54. The van der Waals surface area contributed by atoms with E-state index in [1.165, 1.54) is 5.69 Å². The van der Waals surface area contributed by atoms with Gasteiger partial charge in [-0.25, -0.2) is 4.98 Å². The van der Waals surface area contributed by atoms with Gasteiger partial charge in [0, 0.05) is 54.7 Å². The molecule has 0 saturated carbocycles. The van der Waals surface area contributed by atoms with Crippen molar-refractivity contribution in [2.45, 2.75) is 33.2 Å². The van der Waals surface area contributed by atoms with E-state index in [4.69, 9.17) is 16.6 Å². The first kappa shape index (κ1) is 17.8. The molecule has 0 spiro atoms. The molecule has 1 aliphatic rings. The molecule has 1 aliphatic heterocycles. The molecule has 3 rings (SSSR count). The normalized spacial score (nSPS) is 16.0. The van der Waals surface area contributed by atoms with E-state index in [9.17, 15) is 0 Å². The molecule has 0 radical (unpaired) electrons. The largest absolute Gasteiger partial charge is 0.368 e. The van der Waals surface area contributed by atoms with Crippen molar-refractivity contribution < 1.29 is 0 Å². The Balaban J connectivity index is 1.68. The lowest BCUT2D eigenvalue weighted by Gasteiger charge is -2.37. The third-order valence-electron chi connectivity index (χ3n) is 4.61. The summed E-state index contributed by atoms with van der Waals surface area (Å²) in [6, 6.07) is 10.5. The summed E-state index contributed by atoms with van der Waals surface area (Å²) in [5.74, 6) is 1.73. The fourth-order valence-electron chi connectivity index (χ4n) is 2.97. The number of aromatic nitrogens is 2. The van der Waals surface area contributed by atoms with E-state index in [1.807, 2.05) is 25.1 Å². The van der Waals surface area contributed by atoms with Gasteiger partial charge in [0.1, 0.15) is 5.82 Å². The number of nitrogens with one attached hydrogen (secondary N) is 1. The van der Waals surface area contributed by atoms with E-state index in [0.29, 0.717) is 6.04 Å². The van der Waals surface area contributed by atoms with Crippen LogP contribution in [0, 0.1) is 6.92 Å². The fourth-order valence-corrected chi connectivity index (χ4v) is 3.15. The summed E-state index contributed by atoms with van der Waals surface area (Å²) in [5.41, 5.74) is 2.18. The number of hydrogen-bond acceptors (Lipinski definition) is 5. The summed E-state index contributed by atoms with van der Waals surface area (Å²) in [6.45, 7) is 10.1. The lowest BCUT2D eigenvalue weighted by molar-refractivity contribution is 0.646. The lowest BCUT2D eigenvalue weighted by atomic mass is 10.2. The Morgan fingerprint density at radius 1 is 1.12 bits per heavy atom. The monoisotopic (exact) mass is 359 g/mol. The van der Waals surface area contributed by atoms with Crippen molar-refractivity contribution in [3.05, 3.63) is 41.0 Å². The minimum absolute atomic E-state index is 0.370. The first-order valence-electron chi connectivity index (χ1n) is 8.93. The van der Waals surface area contributed by atoms with E-state index >= 15 is 0 Å². The zero-order chi connectivity index (χ0) is 17.8. The van der Waals surface area contributed by atoms with Crippen molar-refractivity contribution >= 4 is 29.1 Å². The average Bonchev–Trinajstić information content (AvgIpc) is 2.61. The fraction of sp³-hybridized carbons (Fsp3) is 0.474. The minimum atomic E-state index is 0.370. The molecule has 2 aromatic rings. The van der Waals surface area contributed by atoms with Crippen molar-refractivity contribution in [3.8, 4) is 0 Å². The van der Waals surface area contributed by atoms with Crippen LogP contribution in [0.15, 0.2) is 30.3 Å². The van der Waals surface area contributed by atoms with Crippen molar-refractivity contribution in [2.24, 2.45) is 0 Å². The second kappa shape index (κ2) is 7.91. The Labute approximate surface area is 155 Å². The number of aryl methyl sites for hydroxylation is 1. The molecule has 5 nitrogen and oxygen atoms in total. The van der Waals surface area contributed by atoms with Crippen LogP contribution < -0.4 is 15.1 Å². The Kier molecular flexibility index (Phi) is 5.63. The molecular weight excluding hydrogens is 334 g/mol. The molecule has 1 N–H and O–H groups in total. The predicted molar refractivity (Wildman–Crippen MR) is 106 cm³/mol. The molecule has 0 amide bonds. The van der Waals surface area contributed by atoms with E-state index in [-0.39, 0.29) is 0 Å². The third-order valence-corrected chi connectivity index (χ3v) is 4.84. The molecule has 134 valence electrons. The molecule has 1 aromatic carbocycles. The minimum Gasteiger partial charge on any atom is -0.368 e. The molecule has 2 heterocycles. The zero-order valence-electron chi connectivity index (χ0n) is 15.2. The van der Waals surface area contributed by atoms with E-state index in [2.05, 4.69) is 46.1 Å². The smallest absolute Gasteiger partial charge is 0.225 e. The molecule has 1 aromatic heterocycles. The quantitative estimate of drug-likeness (QED) is 0.874. The Bertz CT molecular complexity index is 713. The lowest BCUT2D eigenvalue weighted by Crippen LogP contribution is -2.47. The maximum atomic E-state index is 6.12. The molecular formula is C19H26ClN5. The van der Waals surface area contributed by atoms with Crippen LogP contribution in [0.3, 0.4) is 0 Å². The number of halogens is 1. The Morgan fingerprint density at radius 2 is 1.84 bits per heavy atom. The van der Waals surface area contributed by atoms with Gasteiger partial charge in [0.15, 0.2) is 0 Å². The molecule has 1 saturated heterocycles. The van der Waals surface area contributed by atoms with Crippen LogP contribution >= 0.6 is 11.6 Å². The van der Waals surface area contributed by atoms with Gasteiger partial charge >= 0.3 is 0 Å². The van der Waals surface area contributed by atoms with Gasteiger partial charge in [-0.15, -0.1) is 0 Å². The Morgan fingerprint density at radius 3 is 2.52 bits per heavy atom. The highest BCUT2D eigenvalue weighted by Gasteiger charge is 2.19. The summed E-state index contributed by atoms with van der Waals surface area (Å²) in [4.78, 5) is 13.9. The van der Waals surface area contributed by atoms with Crippen molar-refractivity contribution in [1.29, 1.82) is 0 Å². The summed E-state index contributed by atoms with van der Waals surface area (Å²) in [7, 11) is 0. The van der Waals surface area contributed by atoms with E-state index < -0.39 is 0 Å². The number of rotatable bonds is 5. The Hall–Kier alpha value is -2.01. The number of benzene rings is 1. The molecule has 0 bridgehead atoms. The highest BCUT2D eigenvalue weighted by Crippen LogP contribution is 2.23. The highest BCUT2D eigenvalue weighted by molar-refractivity contribution is 6.30. The molecule has 0 aliphatic carbocycles. The second-order valence-corrected chi connectivity index (χ2v) is 7.04. The van der Waals surface area contributed by atoms with Crippen LogP contribution in [-0.2, 0) is 0 Å². The van der Waals surface area contributed by atoms with Crippen LogP contribution in [-0.4, -0.2) is 42.2 Å². The number of piperazine rings is 1. The molecule has 1 atom stereocenters. The molecule has 25 heavy (non-hydrogen) atoms. The summed E-state index contributed by atoms with van der Waals surface area (Å²) in [5, 5.41) is 4.16.